The van der Waals surface area contributed by atoms with E-state index < -0.39 is 4.92 Å². The number of carbonyl (C=O) groups excluding carboxylic acids is 1. The molecule has 3 rings (SSSR count). The molecule has 114 valence electrons. The van der Waals surface area contributed by atoms with Gasteiger partial charge in [0.2, 0.25) is 0 Å². The summed E-state index contributed by atoms with van der Waals surface area (Å²) in [6, 6.07) is 17.6. The maximum atomic E-state index is 12.5. The second kappa shape index (κ2) is 5.88. The highest BCUT2D eigenvalue weighted by Crippen LogP contribution is 2.24. The molecule has 0 fully saturated rings. The Morgan fingerprint density at radius 3 is 2.57 bits per heavy atom. The molecule has 3 aromatic carbocycles. The number of nitrogens with zero attached hydrogens (tertiary/aromatic N) is 1. The lowest BCUT2D eigenvalue weighted by Crippen LogP contribution is -2.14. The number of benzene rings is 3. The number of aryl methyl sites for hydroxylation is 1. The maximum absolute atomic E-state index is 12.5. The molecule has 0 saturated carbocycles. The van der Waals surface area contributed by atoms with Crippen molar-refractivity contribution in [1.82, 2.24) is 0 Å². The van der Waals surface area contributed by atoms with Gasteiger partial charge in [0.1, 0.15) is 0 Å². The monoisotopic (exact) mass is 306 g/mol. The lowest BCUT2D eigenvalue weighted by molar-refractivity contribution is -0.384. The van der Waals surface area contributed by atoms with E-state index in [1.54, 1.807) is 13.0 Å². The average Bonchev–Trinajstić information content (AvgIpc) is 2.55. The van der Waals surface area contributed by atoms with E-state index in [4.69, 9.17) is 0 Å². The first-order valence-corrected chi connectivity index (χ1v) is 7.10. The van der Waals surface area contributed by atoms with Crippen molar-refractivity contribution in [3.63, 3.8) is 0 Å². The van der Waals surface area contributed by atoms with E-state index >= 15 is 0 Å². The summed E-state index contributed by atoms with van der Waals surface area (Å²) in [6.07, 6.45) is 0. The lowest BCUT2D eigenvalue weighted by atomic mass is 10.1. The van der Waals surface area contributed by atoms with Gasteiger partial charge in [-0.25, -0.2) is 0 Å². The fourth-order valence-electron chi connectivity index (χ4n) is 2.49. The number of anilines is 1. The van der Waals surface area contributed by atoms with Gasteiger partial charge in [0, 0.05) is 28.8 Å². The molecule has 3 aromatic rings. The van der Waals surface area contributed by atoms with Crippen LogP contribution >= 0.6 is 0 Å². The Bertz CT molecular complexity index is 914. The van der Waals surface area contributed by atoms with Gasteiger partial charge in [0.25, 0.3) is 11.6 Å². The Morgan fingerprint density at radius 1 is 1.04 bits per heavy atom. The van der Waals surface area contributed by atoms with E-state index in [1.807, 2.05) is 42.5 Å². The molecule has 0 aliphatic rings. The molecule has 0 aliphatic carbocycles. The van der Waals surface area contributed by atoms with E-state index in [0.717, 1.165) is 10.8 Å². The molecule has 0 bridgehead atoms. The molecule has 5 nitrogen and oxygen atoms in total. The molecule has 0 atom stereocenters. The fraction of sp³-hybridized carbons (Fsp3) is 0.0556. The van der Waals surface area contributed by atoms with Crippen molar-refractivity contribution in [3.05, 3.63) is 81.9 Å². The summed E-state index contributed by atoms with van der Waals surface area (Å²) in [6.45, 7) is 1.75. The first-order chi connectivity index (χ1) is 11.1. The van der Waals surface area contributed by atoms with Gasteiger partial charge in [-0.05, 0) is 23.9 Å². The predicted molar refractivity (Wildman–Crippen MR) is 89.7 cm³/mol. The first kappa shape index (κ1) is 14.7. The zero-order valence-corrected chi connectivity index (χ0v) is 12.4. The molecule has 1 N–H and O–H groups in total. The highest BCUT2D eigenvalue weighted by atomic mass is 16.6. The minimum absolute atomic E-state index is 0.0985. The zero-order valence-electron chi connectivity index (χ0n) is 12.4. The van der Waals surface area contributed by atoms with Gasteiger partial charge < -0.3 is 5.32 Å². The second-order valence-corrected chi connectivity index (χ2v) is 5.24. The van der Waals surface area contributed by atoms with Gasteiger partial charge in [-0.1, -0.05) is 42.5 Å². The molecule has 0 spiro atoms. The van der Waals surface area contributed by atoms with Crippen LogP contribution in [0.25, 0.3) is 10.8 Å². The molecule has 1 amide bonds. The number of nitrogens with one attached hydrogen (secondary N) is 1. The van der Waals surface area contributed by atoms with Crippen molar-refractivity contribution in [3.8, 4) is 0 Å². The van der Waals surface area contributed by atoms with Crippen molar-refractivity contribution in [2.24, 2.45) is 0 Å². The number of fused-ring (bicyclic) bond motifs is 1. The van der Waals surface area contributed by atoms with Crippen molar-refractivity contribution < 1.29 is 9.72 Å². The molecule has 0 radical (unpaired) electrons. The van der Waals surface area contributed by atoms with E-state index in [0.29, 0.717) is 16.8 Å². The molecular weight excluding hydrogens is 292 g/mol. The zero-order chi connectivity index (χ0) is 16.4. The number of non-ortho nitro benzene ring substituents is 1. The largest absolute Gasteiger partial charge is 0.321 e. The summed E-state index contributed by atoms with van der Waals surface area (Å²) >= 11 is 0. The van der Waals surface area contributed by atoms with Crippen LogP contribution in [0.2, 0.25) is 0 Å². The molecule has 0 saturated heterocycles. The van der Waals surface area contributed by atoms with Crippen molar-refractivity contribution in [2.45, 2.75) is 6.92 Å². The Kier molecular flexibility index (Phi) is 3.76. The SMILES string of the molecule is Cc1ccc([N+](=O)[O-])cc1C(=O)Nc1cccc2ccccc12. The summed E-state index contributed by atoms with van der Waals surface area (Å²) < 4.78 is 0. The number of nitro benzene ring substituents is 1. The van der Waals surface area contributed by atoms with E-state index in [9.17, 15) is 14.9 Å². The molecular formula is C18H14N2O3. The molecule has 23 heavy (non-hydrogen) atoms. The Hall–Kier alpha value is -3.21. The van der Waals surface area contributed by atoms with Crippen LogP contribution < -0.4 is 5.32 Å². The normalized spacial score (nSPS) is 10.5. The topological polar surface area (TPSA) is 72.2 Å². The van der Waals surface area contributed by atoms with Gasteiger partial charge in [-0.2, -0.15) is 0 Å². The smallest absolute Gasteiger partial charge is 0.270 e. The number of rotatable bonds is 3. The molecule has 0 heterocycles. The standard InChI is InChI=1S/C18H14N2O3/c1-12-9-10-14(20(22)23)11-16(12)18(21)19-17-8-4-6-13-5-2-3-7-15(13)17/h2-11H,1H3,(H,19,21). The summed E-state index contributed by atoms with van der Waals surface area (Å²) in [5.74, 6) is -0.359. The van der Waals surface area contributed by atoms with Crippen LogP contribution in [0.4, 0.5) is 11.4 Å². The highest BCUT2D eigenvalue weighted by molar-refractivity contribution is 6.10. The second-order valence-electron chi connectivity index (χ2n) is 5.24. The third kappa shape index (κ3) is 2.89. The van der Waals surface area contributed by atoms with Gasteiger partial charge in [0.05, 0.1) is 4.92 Å². The Balaban J connectivity index is 1.98. The quantitative estimate of drug-likeness (QED) is 0.579. The predicted octanol–water partition coefficient (Wildman–Crippen LogP) is 4.31. The van der Waals surface area contributed by atoms with Gasteiger partial charge in [0.15, 0.2) is 0 Å². The highest BCUT2D eigenvalue weighted by Gasteiger charge is 2.15. The average molecular weight is 306 g/mol. The molecule has 0 unspecified atom stereocenters. The van der Waals surface area contributed by atoms with Crippen LogP contribution in [0, 0.1) is 17.0 Å². The minimum atomic E-state index is -0.506. The van der Waals surface area contributed by atoms with Crippen LogP contribution in [0.15, 0.2) is 60.7 Å². The van der Waals surface area contributed by atoms with Crippen molar-refractivity contribution in [2.75, 3.05) is 5.32 Å². The fourth-order valence-corrected chi connectivity index (χ4v) is 2.49. The van der Waals surface area contributed by atoms with E-state index in [-0.39, 0.29) is 11.6 Å². The summed E-state index contributed by atoms with van der Waals surface area (Å²) in [5.41, 5.74) is 1.57. The van der Waals surface area contributed by atoms with Crippen LogP contribution in [0.5, 0.6) is 0 Å². The number of hydrogen-bond donors (Lipinski definition) is 1. The van der Waals surface area contributed by atoms with E-state index in [2.05, 4.69) is 5.32 Å². The first-order valence-electron chi connectivity index (χ1n) is 7.10. The molecule has 0 aromatic heterocycles. The number of hydrogen-bond acceptors (Lipinski definition) is 3. The Morgan fingerprint density at radius 2 is 1.78 bits per heavy atom. The van der Waals surface area contributed by atoms with Crippen LogP contribution in [-0.2, 0) is 0 Å². The van der Waals surface area contributed by atoms with Crippen LogP contribution in [0.1, 0.15) is 15.9 Å². The van der Waals surface area contributed by atoms with Crippen LogP contribution in [-0.4, -0.2) is 10.8 Å². The lowest BCUT2D eigenvalue weighted by Gasteiger charge is -2.10. The summed E-state index contributed by atoms with van der Waals surface area (Å²) in [4.78, 5) is 22.9. The third-order valence-corrected chi connectivity index (χ3v) is 3.71. The van der Waals surface area contributed by atoms with Gasteiger partial charge in [-0.3, -0.25) is 14.9 Å². The van der Waals surface area contributed by atoms with Crippen molar-refractivity contribution in [1.29, 1.82) is 0 Å². The molecule has 5 heteroatoms. The molecule has 0 aliphatic heterocycles. The van der Waals surface area contributed by atoms with Gasteiger partial charge >= 0.3 is 0 Å². The minimum Gasteiger partial charge on any atom is -0.321 e. The number of carbonyl (C=O) groups is 1. The van der Waals surface area contributed by atoms with E-state index in [1.165, 1.54) is 12.1 Å². The number of nitro groups is 1. The van der Waals surface area contributed by atoms with Crippen molar-refractivity contribution >= 4 is 28.1 Å². The summed E-state index contributed by atoms with van der Waals surface area (Å²) in [7, 11) is 0. The van der Waals surface area contributed by atoms with Crippen LogP contribution in [0.3, 0.4) is 0 Å². The third-order valence-electron chi connectivity index (χ3n) is 3.71. The summed E-state index contributed by atoms with van der Waals surface area (Å²) in [5, 5.41) is 15.7. The number of amides is 1. The van der Waals surface area contributed by atoms with Gasteiger partial charge in [-0.15, -0.1) is 0 Å². The Labute approximate surface area is 132 Å². The maximum Gasteiger partial charge on any atom is 0.270 e.